The van der Waals surface area contributed by atoms with Crippen LogP contribution in [-0.2, 0) is 4.74 Å². The predicted octanol–water partition coefficient (Wildman–Crippen LogP) is 2.92. The van der Waals surface area contributed by atoms with Crippen molar-refractivity contribution in [2.75, 3.05) is 32.8 Å². The van der Waals surface area contributed by atoms with Crippen molar-refractivity contribution in [1.29, 1.82) is 0 Å². The van der Waals surface area contributed by atoms with Crippen LogP contribution in [0.1, 0.15) is 27.9 Å². The zero-order chi connectivity index (χ0) is 20.2. The third kappa shape index (κ3) is 4.55. The van der Waals surface area contributed by atoms with Crippen molar-refractivity contribution < 1.29 is 18.3 Å². The first-order chi connectivity index (χ1) is 14.1. The van der Waals surface area contributed by atoms with Crippen LogP contribution in [0.5, 0.6) is 0 Å². The third-order valence-electron chi connectivity index (χ3n) is 5.01. The molecule has 3 heterocycles. The fourth-order valence-electron chi connectivity index (χ4n) is 3.46. The fourth-order valence-corrected chi connectivity index (χ4v) is 3.46. The maximum Gasteiger partial charge on any atom is 0.271 e. The summed E-state index contributed by atoms with van der Waals surface area (Å²) in [7, 11) is 0. The second kappa shape index (κ2) is 8.59. The first-order valence-electron chi connectivity index (χ1n) is 9.58. The van der Waals surface area contributed by atoms with E-state index in [0.717, 1.165) is 24.4 Å². The number of hydrogen-bond acceptors (Lipinski definition) is 5. The number of nitrogens with one attached hydrogen (secondary N) is 2. The largest absolute Gasteiger partial charge is 0.460 e. The Morgan fingerprint density at radius 3 is 2.69 bits per heavy atom. The van der Waals surface area contributed by atoms with E-state index in [1.54, 1.807) is 18.2 Å². The number of carbonyl (C=O) groups excluding carboxylic acids is 1. The molecule has 1 saturated heterocycles. The van der Waals surface area contributed by atoms with Crippen molar-refractivity contribution in [3.63, 3.8) is 0 Å². The van der Waals surface area contributed by atoms with Gasteiger partial charge in [-0.05, 0) is 36.8 Å². The smallest absolute Gasteiger partial charge is 0.271 e. The molecule has 1 amide bonds. The maximum absolute atomic E-state index is 13.3. The summed E-state index contributed by atoms with van der Waals surface area (Å²) < 4.78 is 24.3. The zero-order valence-corrected chi connectivity index (χ0v) is 16.2. The normalized spacial score (nSPS) is 15.9. The molecule has 1 fully saturated rings. The van der Waals surface area contributed by atoms with Gasteiger partial charge in [0.1, 0.15) is 17.3 Å². The van der Waals surface area contributed by atoms with Crippen LogP contribution in [0.2, 0.25) is 0 Å². The van der Waals surface area contributed by atoms with Gasteiger partial charge in [-0.2, -0.15) is 5.10 Å². The molecule has 1 atom stereocenters. The molecule has 0 spiro atoms. The Labute approximate surface area is 167 Å². The molecule has 3 aromatic rings. The van der Waals surface area contributed by atoms with Gasteiger partial charge in [0.2, 0.25) is 0 Å². The Kier molecular flexibility index (Phi) is 5.73. The van der Waals surface area contributed by atoms with Gasteiger partial charge in [-0.25, -0.2) is 4.39 Å². The molecular formula is C21H23FN4O3. The number of benzene rings is 1. The highest BCUT2D eigenvalue weighted by Gasteiger charge is 2.24. The van der Waals surface area contributed by atoms with Gasteiger partial charge in [-0.3, -0.25) is 14.8 Å². The van der Waals surface area contributed by atoms with E-state index in [0.29, 0.717) is 31.2 Å². The third-order valence-corrected chi connectivity index (χ3v) is 5.01. The van der Waals surface area contributed by atoms with E-state index < -0.39 is 0 Å². The molecule has 152 valence electrons. The molecule has 4 rings (SSSR count). The molecule has 7 nitrogen and oxygen atoms in total. The number of morpholine rings is 1. The lowest BCUT2D eigenvalue weighted by atomic mass is 10.0. The molecular weight excluding hydrogens is 375 g/mol. The van der Waals surface area contributed by atoms with Gasteiger partial charge >= 0.3 is 0 Å². The number of halogens is 1. The Balaban J connectivity index is 1.46. The monoisotopic (exact) mass is 398 g/mol. The minimum absolute atomic E-state index is 0.0745. The molecule has 1 unspecified atom stereocenters. The van der Waals surface area contributed by atoms with E-state index in [9.17, 15) is 9.18 Å². The number of carbonyl (C=O) groups is 1. The van der Waals surface area contributed by atoms with Crippen LogP contribution in [0.25, 0.3) is 11.5 Å². The van der Waals surface area contributed by atoms with Crippen LogP contribution in [0.4, 0.5) is 4.39 Å². The molecule has 1 aliphatic rings. The van der Waals surface area contributed by atoms with Crippen molar-refractivity contribution in [2.24, 2.45) is 0 Å². The van der Waals surface area contributed by atoms with Gasteiger partial charge in [0, 0.05) is 25.7 Å². The van der Waals surface area contributed by atoms with E-state index >= 15 is 0 Å². The number of rotatable bonds is 6. The molecule has 0 saturated carbocycles. The van der Waals surface area contributed by atoms with Crippen molar-refractivity contribution in [2.45, 2.75) is 13.0 Å². The summed E-state index contributed by atoms with van der Waals surface area (Å²) in [6, 6.07) is 11.7. The molecule has 0 bridgehead atoms. The van der Waals surface area contributed by atoms with E-state index in [4.69, 9.17) is 9.15 Å². The van der Waals surface area contributed by atoms with Gasteiger partial charge in [-0.1, -0.05) is 12.1 Å². The molecule has 29 heavy (non-hydrogen) atoms. The first-order valence-corrected chi connectivity index (χ1v) is 9.58. The van der Waals surface area contributed by atoms with E-state index in [1.165, 1.54) is 12.1 Å². The molecule has 1 aliphatic heterocycles. The van der Waals surface area contributed by atoms with Crippen LogP contribution in [0.15, 0.2) is 46.9 Å². The minimum atomic E-state index is -0.282. The molecule has 0 radical (unpaired) electrons. The van der Waals surface area contributed by atoms with Gasteiger partial charge in [0.15, 0.2) is 11.5 Å². The second-order valence-corrected chi connectivity index (χ2v) is 7.00. The number of hydrogen-bond donors (Lipinski definition) is 2. The number of aromatic nitrogens is 2. The minimum Gasteiger partial charge on any atom is -0.460 e. The van der Waals surface area contributed by atoms with E-state index in [1.807, 2.05) is 19.1 Å². The fraction of sp³-hybridized carbons (Fsp3) is 0.333. The summed E-state index contributed by atoms with van der Waals surface area (Å²) in [4.78, 5) is 14.9. The highest BCUT2D eigenvalue weighted by atomic mass is 19.1. The standard InChI is InChI=1S/C21H23FN4O3/c1-14-2-7-20(29-14)17-12-18(25-24-17)21(27)23-13-19(26-8-10-28-11-9-26)15-3-5-16(22)6-4-15/h2-7,12,19H,8-11,13H2,1H3,(H,23,27)(H,24,25). The molecule has 2 aromatic heterocycles. The van der Waals surface area contributed by atoms with Crippen molar-refractivity contribution >= 4 is 5.91 Å². The Morgan fingerprint density at radius 1 is 1.24 bits per heavy atom. The summed E-state index contributed by atoms with van der Waals surface area (Å²) in [5.41, 5.74) is 1.88. The first kappa shape index (κ1) is 19.4. The number of aryl methyl sites for hydroxylation is 1. The quantitative estimate of drug-likeness (QED) is 0.667. The highest BCUT2D eigenvalue weighted by molar-refractivity contribution is 5.93. The number of nitrogens with zero attached hydrogens (tertiary/aromatic N) is 2. The molecule has 1 aromatic carbocycles. The summed E-state index contributed by atoms with van der Waals surface area (Å²) in [6.07, 6.45) is 0. The van der Waals surface area contributed by atoms with Gasteiger partial charge in [0.05, 0.1) is 19.3 Å². The van der Waals surface area contributed by atoms with Crippen LogP contribution < -0.4 is 5.32 Å². The van der Waals surface area contributed by atoms with E-state index in [-0.39, 0.29) is 23.5 Å². The van der Waals surface area contributed by atoms with Crippen molar-refractivity contribution in [3.8, 4) is 11.5 Å². The lowest BCUT2D eigenvalue weighted by Gasteiger charge is -2.34. The summed E-state index contributed by atoms with van der Waals surface area (Å²) in [5, 5.41) is 9.88. The Hall–Kier alpha value is -2.97. The van der Waals surface area contributed by atoms with Gasteiger partial charge < -0.3 is 14.5 Å². The maximum atomic E-state index is 13.3. The lowest BCUT2D eigenvalue weighted by Crippen LogP contribution is -2.43. The average Bonchev–Trinajstić information content (AvgIpc) is 3.39. The van der Waals surface area contributed by atoms with Crippen LogP contribution in [-0.4, -0.2) is 53.9 Å². The van der Waals surface area contributed by atoms with Gasteiger partial charge in [0.25, 0.3) is 5.91 Å². The highest BCUT2D eigenvalue weighted by Crippen LogP contribution is 2.23. The Bertz CT molecular complexity index is 960. The lowest BCUT2D eigenvalue weighted by molar-refractivity contribution is 0.0162. The van der Waals surface area contributed by atoms with Crippen molar-refractivity contribution in [1.82, 2.24) is 20.4 Å². The number of ether oxygens (including phenoxy) is 1. The second-order valence-electron chi connectivity index (χ2n) is 7.00. The topological polar surface area (TPSA) is 83.4 Å². The van der Waals surface area contributed by atoms with Crippen LogP contribution in [0, 0.1) is 12.7 Å². The zero-order valence-electron chi connectivity index (χ0n) is 16.2. The molecule has 2 N–H and O–H groups in total. The summed E-state index contributed by atoms with van der Waals surface area (Å²) in [6.45, 7) is 5.01. The Morgan fingerprint density at radius 2 is 2.00 bits per heavy atom. The molecule has 8 heteroatoms. The number of amides is 1. The number of furan rings is 1. The van der Waals surface area contributed by atoms with Crippen LogP contribution in [0.3, 0.4) is 0 Å². The summed E-state index contributed by atoms with van der Waals surface area (Å²) >= 11 is 0. The summed E-state index contributed by atoms with van der Waals surface area (Å²) in [5.74, 6) is 0.853. The number of H-pyrrole nitrogens is 1. The van der Waals surface area contributed by atoms with Crippen LogP contribution >= 0.6 is 0 Å². The average molecular weight is 398 g/mol. The van der Waals surface area contributed by atoms with E-state index in [2.05, 4.69) is 20.4 Å². The predicted molar refractivity (Wildman–Crippen MR) is 105 cm³/mol. The SMILES string of the molecule is Cc1ccc(-c2cc(C(=O)NCC(c3ccc(F)cc3)N3CCOCC3)n[nH]2)o1. The van der Waals surface area contributed by atoms with Crippen molar-refractivity contribution in [3.05, 3.63) is 65.3 Å². The molecule has 0 aliphatic carbocycles. The van der Waals surface area contributed by atoms with Gasteiger partial charge in [-0.15, -0.1) is 0 Å². The number of aromatic amines is 1.